The lowest BCUT2D eigenvalue weighted by Gasteiger charge is -2.17. The van der Waals surface area contributed by atoms with E-state index in [9.17, 15) is 14.3 Å². The normalized spacial score (nSPS) is 20.1. The summed E-state index contributed by atoms with van der Waals surface area (Å²) in [5.41, 5.74) is 5.77. The number of nitro groups is 1. The highest BCUT2D eigenvalue weighted by Gasteiger charge is 2.25. The second-order valence-electron chi connectivity index (χ2n) is 4.92. The highest BCUT2D eigenvalue weighted by Crippen LogP contribution is 2.25. The van der Waals surface area contributed by atoms with Crippen LogP contribution in [0.3, 0.4) is 0 Å². The van der Waals surface area contributed by atoms with Gasteiger partial charge in [-0.15, -0.1) is 0 Å². The standard InChI is InChI=1S/C11H14N6O3S/c1-21(20)10-4-9(15-3-2-7(12)6-15)14-11-8(17(18)19)5-13-16(10)11/h4-5,7H,2-3,6,12H2,1H3/t7-,21?/m0/s1. The number of nitrogens with two attached hydrogens (primary N) is 1. The minimum absolute atomic E-state index is 0.0542. The number of hydrogen-bond acceptors (Lipinski definition) is 7. The Morgan fingerprint density at radius 2 is 2.33 bits per heavy atom. The molecule has 2 atom stereocenters. The lowest BCUT2D eigenvalue weighted by molar-refractivity contribution is -0.383. The summed E-state index contributed by atoms with van der Waals surface area (Å²) in [6.45, 7) is 1.35. The molecule has 0 radical (unpaired) electrons. The fourth-order valence-corrected chi connectivity index (χ4v) is 3.05. The average molecular weight is 310 g/mol. The molecule has 2 aromatic rings. The third-order valence-corrected chi connectivity index (χ3v) is 4.33. The summed E-state index contributed by atoms with van der Waals surface area (Å²) in [5, 5.41) is 15.3. The van der Waals surface area contributed by atoms with Gasteiger partial charge in [-0.2, -0.15) is 9.61 Å². The number of nitrogens with zero attached hydrogens (tertiary/aromatic N) is 5. The van der Waals surface area contributed by atoms with Gasteiger partial charge in [0, 0.05) is 31.5 Å². The third kappa shape index (κ3) is 2.36. The van der Waals surface area contributed by atoms with Crippen LogP contribution in [0.2, 0.25) is 0 Å². The van der Waals surface area contributed by atoms with Gasteiger partial charge in [-0.25, -0.2) is 4.98 Å². The van der Waals surface area contributed by atoms with Crippen LogP contribution in [0.25, 0.3) is 5.65 Å². The summed E-state index contributed by atoms with van der Waals surface area (Å²) in [4.78, 5) is 16.8. The van der Waals surface area contributed by atoms with Crippen molar-refractivity contribution in [3.05, 3.63) is 22.4 Å². The van der Waals surface area contributed by atoms with Gasteiger partial charge in [0.2, 0.25) is 5.65 Å². The number of hydrogen-bond donors (Lipinski definition) is 1. The van der Waals surface area contributed by atoms with Crippen LogP contribution in [0.5, 0.6) is 0 Å². The van der Waals surface area contributed by atoms with Gasteiger partial charge < -0.3 is 10.6 Å². The lowest BCUT2D eigenvalue weighted by atomic mass is 10.3. The first kappa shape index (κ1) is 13.9. The van der Waals surface area contributed by atoms with Crippen molar-refractivity contribution < 1.29 is 9.13 Å². The quantitative estimate of drug-likeness (QED) is 0.478. The van der Waals surface area contributed by atoms with Gasteiger partial charge in [0.25, 0.3) is 0 Å². The number of rotatable bonds is 3. The number of aromatic nitrogens is 3. The van der Waals surface area contributed by atoms with Crippen LogP contribution in [0.4, 0.5) is 11.5 Å². The van der Waals surface area contributed by atoms with E-state index < -0.39 is 15.7 Å². The molecule has 3 rings (SSSR count). The maximum absolute atomic E-state index is 11.9. The molecule has 0 saturated carbocycles. The number of fused-ring (bicyclic) bond motifs is 1. The molecule has 2 aromatic heterocycles. The van der Waals surface area contributed by atoms with Crippen LogP contribution in [-0.2, 0) is 10.8 Å². The Morgan fingerprint density at radius 1 is 1.57 bits per heavy atom. The molecule has 21 heavy (non-hydrogen) atoms. The lowest BCUT2D eigenvalue weighted by Crippen LogP contribution is -2.27. The van der Waals surface area contributed by atoms with Crippen LogP contribution < -0.4 is 10.6 Å². The van der Waals surface area contributed by atoms with Crippen molar-refractivity contribution in [3.63, 3.8) is 0 Å². The maximum atomic E-state index is 11.9. The summed E-state index contributed by atoms with van der Waals surface area (Å²) >= 11 is 0. The summed E-state index contributed by atoms with van der Waals surface area (Å²) in [6, 6.07) is 1.70. The third-order valence-electron chi connectivity index (χ3n) is 3.45. The van der Waals surface area contributed by atoms with Crippen LogP contribution in [0.1, 0.15) is 6.42 Å². The SMILES string of the molecule is CS(=O)c1cc(N2CC[C@H](N)C2)nc2c([N+](=O)[O-])cnn12. The summed E-state index contributed by atoms with van der Waals surface area (Å²) in [7, 11) is -1.34. The first-order valence-electron chi connectivity index (χ1n) is 6.34. The van der Waals surface area contributed by atoms with Gasteiger partial charge in [0.05, 0.1) is 15.7 Å². The molecule has 2 N–H and O–H groups in total. The molecule has 0 bridgehead atoms. The zero-order valence-corrected chi connectivity index (χ0v) is 12.1. The predicted molar refractivity (Wildman–Crippen MR) is 76.8 cm³/mol. The Balaban J connectivity index is 2.19. The molecule has 1 fully saturated rings. The van der Waals surface area contributed by atoms with Gasteiger partial charge in [-0.3, -0.25) is 14.3 Å². The van der Waals surface area contributed by atoms with E-state index >= 15 is 0 Å². The van der Waals surface area contributed by atoms with Gasteiger partial charge in [-0.1, -0.05) is 0 Å². The highest BCUT2D eigenvalue weighted by atomic mass is 32.2. The summed E-state index contributed by atoms with van der Waals surface area (Å²) in [5.74, 6) is 0.546. The van der Waals surface area contributed by atoms with Crippen LogP contribution >= 0.6 is 0 Å². The zero-order chi connectivity index (χ0) is 15.1. The first-order chi connectivity index (χ1) is 9.97. The van der Waals surface area contributed by atoms with E-state index in [2.05, 4.69) is 10.1 Å². The molecule has 9 nitrogen and oxygen atoms in total. The van der Waals surface area contributed by atoms with Gasteiger partial charge in [0.1, 0.15) is 17.0 Å². The van der Waals surface area contributed by atoms with Crippen molar-refractivity contribution >= 4 is 28.0 Å². The highest BCUT2D eigenvalue weighted by molar-refractivity contribution is 7.84. The Morgan fingerprint density at radius 3 is 2.90 bits per heavy atom. The summed E-state index contributed by atoms with van der Waals surface area (Å²) in [6.07, 6.45) is 3.46. The van der Waals surface area contributed by atoms with E-state index in [1.807, 2.05) is 4.90 Å². The molecule has 0 spiro atoms. The largest absolute Gasteiger partial charge is 0.355 e. The Kier molecular flexibility index (Phi) is 3.33. The molecule has 1 unspecified atom stereocenters. The van der Waals surface area contributed by atoms with Crippen molar-refractivity contribution in [2.24, 2.45) is 5.73 Å². The molecule has 1 aliphatic rings. The molecule has 1 saturated heterocycles. The van der Waals surface area contributed by atoms with E-state index in [1.165, 1.54) is 10.8 Å². The average Bonchev–Trinajstić information content (AvgIpc) is 3.03. The minimum atomic E-state index is -1.34. The zero-order valence-electron chi connectivity index (χ0n) is 11.3. The second-order valence-corrected chi connectivity index (χ2v) is 6.25. The van der Waals surface area contributed by atoms with Crippen LogP contribution in [0, 0.1) is 10.1 Å². The first-order valence-corrected chi connectivity index (χ1v) is 7.90. The Bertz CT molecular complexity index is 745. The van der Waals surface area contributed by atoms with Gasteiger partial charge in [-0.05, 0) is 6.42 Å². The Hall–Kier alpha value is -2.07. The van der Waals surface area contributed by atoms with E-state index in [1.54, 1.807) is 6.07 Å². The predicted octanol–water partition coefficient (Wildman–Crippen LogP) is -0.0877. The van der Waals surface area contributed by atoms with E-state index in [0.717, 1.165) is 19.2 Å². The summed E-state index contributed by atoms with van der Waals surface area (Å²) < 4.78 is 13.1. The Labute approximate surface area is 122 Å². The van der Waals surface area contributed by atoms with Crippen LogP contribution in [-0.4, -0.2) is 49.1 Å². The van der Waals surface area contributed by atoms with Crippen molar-refractivity contribution in [1.82, 2.24) is 14.6 Å². The fraction of sp³-hybridized carbons (Fsp3) is 0.455. The molecular weight excluding hydrogens is 296 g/mol. The molecular formula is C11H14N6O3S. The molecule has 0 amide bonds. The molecule has 1 aliphatic heterocycles. The van der Waals surface area contributed by atoms with Crippen molar-refractivity contribution in [3.8, 4) is 0 Å². The van der Waals surface area contributed by atoms with Crippen molar-refractivity contribution in [1.29, 1.82) is 0 Å². The fourth-order valence-electron chi connectivity index (χ4n) is 2.40. The van der Waals surface area contributed by atoms with Crippen LogP contribution in [0.15, 0.2) is 17.3 Å². The van der Waals surface area contributed by atoms with E-state index in [0.29, 0.717) is 17.4 Å². The molecule has 3 heterocycles. The van der Waals surface area contributed by atoms with Crippen molar-refractivity contribution in [2.75, 3.05) is 24.2 Å². The maximum Gasteiger partial charge on any atom is 0.333 e. The monoisotopic (exact) mass is 310 g/mol. The minimum Gasteiger partial charge on any atom is -0.355 e. The van der Waals surface area contributed by atoms with Gasteiger partial charge >= 0.3 is 5.69 Å². The molecule has 0 aliphatic carbocycles. The van der Waals surface area contributed by atoms with E-state index in [4.69, 9.17) is 5.73 Å². The molecule has 112 valence electrons. The smallest absolute Gasteiger partial charge is 0.333 e. The molecule has 0 aromatic carbocycles. The van der Waals surface area contributed by atoms with Gasteiger partial charge in [0.15, 0.2) is 0 Å². The second kappa shape index (κ2) is 5.04. The van der Waals surface area contributed by atoms with Crippen molar-refractivity contribution in [2.45, 2.75) is 17.5 Å². The molecule has 10 heteroatoms. The number of anilines is 1. The topological polar surface area (TPSA) is 120 Å². The van der Waals surface area contributed by atoms with E-state index in [-0.39, 0.29) is 17.4 Å².